The average molecular weight is 306 g/mol. The molecule has 0 unspecified atom stereocenters. The lowest BCUT2D eigenvalue weighted by Crippen LogP contribution is -2.29. The minimum absolute atomic E-state index is 0.0658. The summed E-state index contributed by atoms with van der Waals surface area (Å²) in [5.41, 5.74) is 2.37. The minimum atomic E-state index is -0.0658. The fourth-order valence-corrected chi connectivity index (χ4v) is 2.18. The molecule has 4 nitrogen and oxygen atoms in total. The van der Waals surface area contributed by atoms with Crippen LogP contribution in [0.1, 0.15) is 19.4 Å². The first-order chi connectivity index (χ1) is 9.97. The largest absolute Gasteiger partial charge is 0.312 e. The van der Waals surface area contributed by atoms with Gasteiger partial charge in [0.1, 0.15) is 0 Å². The summed E-state index contributed by atoms with van der Waals surface area (Å²) in [4.78, 5) is 12.1. The van der Waals surface area contributed by atoms with E-state index in [0.717, 1.165) is 23.4 Å². The molecule has 0 saturated heterocycles. The van der Waals surface area contributed by atoms with Gasteiger partial charge in [-0.05, 0) is 30.7 Å². The molecule has 0 aliphatic carbocycles. The second-order valence-corrected chi connectivity index (χ2v) is 5.95. The van der Waals surface area contributed by atoms with Gasteiger partial charge in [0.2, 0.25) is 0 Å². The van der Waals surface area contributed by atoms with E-state index in [9.17, 15) is 4.79 Å². The van der Waals surface area contributed by atoms with Crippen LogP contribution in [0.4, 0.5) is 0 Å². The molecule has 0 radical (unpaired) electrons. The van der Waals surface area contributed by atoms with Crippen LogP contribution in [0.2, 0.25) is 5.02 Å². The minimum Gasteiger partial charge on any atom is -0.312 e. The van der Waals surface area contributed by atoms with E-state index in [1.807, 2.05) is 30.3 Å². The fourth-order valence-electron chi connectivity index (χ4n) is 2.05. The van der Waals surface area contributed by atoms with Gasteiger partial charge in [0.15, 0.2) is 0 Å². The molecule has 0 aliphatic heterocycles. The lowest BCUT2D eigenvalue weighted by Gasteiger charge is -2.10. The van der Waals surface area contributed by atoms with Crippen LogP contribution in [0.3, 0.4) is 0 Å². The van der Waals surface area contributed by atoms with Gasteiger partial charge in [-0.2, -0.15) is 5.10 Å². The number of halogens is 1. The molecule has 1 aromatic carbocycles. The molecule has 2 aromatic rings. The Bertz CT molecular complexity index is 662. The highest BCUT2D eigenvalue weighted by Crippen LogP contribution is 2.19. The summed E-state index contributed by atoms with van der Waals surface area (Å²) in [5, 5.41) is 8.29. The molecule has 1 N–H and O–H groups in total. The Morgan fingerprint density at radius 3 is 2.57 bits per heavy atom. The molecule has 0 spiro atoms. The zero-order valence-corrected chi connectivity index (χ0v) is 13.3. The van der Waals surface area contributed by atoms with Crippen LogP contribution in [0, 0.1) is 5.92 Å². The van der Waals surface area contributed by atoms with Gasteiger partial charge >= 0.3 is 0 Å². The van der Waals surface area contributed by atoms with E-state index < -0.39 is 0 Å². The lowest BCUT2D eigenvalue weighted by atomic mass is 10.1. The average Bonchev–Trinajstić information content (AvgIpc) is 2.43. The third kappa shape index (κ3) is 4.16. The smallest absolute Gasteiger partial charge is 0.271 e. The van der Waals surface area contributed by atoms with Crippen LogP contribution in [0.25, 0.3) is 11.3 Å². The molecule has 2 rings (SSSR count). The third-order valence-corrected chi connectivity index (χ3v) is 3.40. The molecule has 5 heteroatoms. The number of hydrogen-bond donors (Lipinski definition) is 1. The van der Waals surface area contributed by atoms with Crippen molar-refractivity contribution in [2.24, 2.45) is 13.0 Å². The Balaban J connectivity index is 2.29. The highest BCUT2D eigenvalue weighted by atomic mass is 35.5. The SMILES string of the molecule is CC(C)CNCc1cc(-c2ccc(Cl)cc2)nn(C)c1=O. The van der Waals surface area contributed by atoms with Gasteiger partial charge in [0, 0.05) is 29.7 Å². The number of rotatable bonds is 5. The maximum Gasteiger partial charge on any atom is 0.271 e. The Labute approximate surface area is 129 Å². The van der Waals surface area contributed by atoms with Crippen LogP contribution in [0.15, 0.2) is 35.1 Å². The van der Waals surface area contributed by atoms with Gasteiger partial charge in [-0.1, -0.05) is 37.6 Å². The van der Waals surface area contributed by atoms with Crippen molar-refractivity contribution >= 4 is 11.6 Å². The number of benzene rings is 1. The zero-order chi connectivity index (χ0) is 15.4. The van der Waals surface area contributed by atoms with Crippen LogP contribution >= 0.6 is 11.6 Å². The van der Waals surface area contributed by atoms with E-state index in [4.69, 9.17) is 11.6 Å². The summed E-state index contributed by atoms with van der Waals surface area (Å²) < 4.78 is 1.39. The van der Waals surface area contributed by atoms with Crippen molar-refractivity contribution in [2.45, 2.75) is 20.4 Å². The normalized spacial score (nSPS) is 11.1. The Morgan fingerprint density at radius 1 is 1.29 bits per heavy atom. The molecule has 21 heavy (non-hydrogen) atoms. The molecule has 1 heterocycles. The predicted molar refractivity (Wildman–Crippen MR) is 86.5 cm³/mol. The van der Waals surface area contributed by atoms with E-state index >= 15 is 0 Å². The van der Waals surface area contributed by atoms with Gasteiger partial charge in [-0.3, -0.25) is 4.79 Å². The van der Waals surface area contributed by atoms with Crippen molar-refractivity contribution in [1.82, 2.24) is 15.1 Å². The number of aromatic nitrogens is 2. The van der Waals surface area contributed by atoms with E-state index in [2.05, 4.69) is 24.3 Å². The summed E-state index contributed by atoms with van der Waals surface area (Å²) in [7, 11) is 1.67. The summed E-state index contributed by atoms with van der Waals surface area (Å²) in [6.45, 7) is 5.70. The molecule has 0 amide bonds. The molecule has 0 aliphatic rings. The second-order valence-electron chi connectivity index (χ2n) is 5.52. The number of hydrogen-bond acceptors (Lipinski definition) is 3. The summed E-state index contributed by atoms with van der Waals surface area (Å²) in [6.07, 6.45) is 0. The molecule has 0 atom stereocenters. The molecule has 0 saturated carbocycles. The number of nitrogens with zero attached hydrogens (tertiary/aromatic N) is 2. The predicted octanol–water partition coefficient (Wildman–Crippen LogP) is 2.85. The molecular formula is C16H20ClN3O. The van der Waals surface area contributed by atoms with Crippen molar-refractivity contribution in [3.63, 3.8) is 0 Å². The maximum atomic E-state index is 12.1. The monoisotopic (exact) mass is 305 g/mol. The van der Waals surface area contributed by atoms with Crippen LogP contribution in [0.5, 0.6) is 0 Å². The topological polar surface area (TPSA) is 46.9 Å². The maximum absolute atomic E-state index is 12.1. The molecule has 112 valence electrons. The summed E-state index contributed by atoms with van der Waals surface area (Å²) >= 11 is 5.90. The molecular weight excluding hydrogens is 286 g/mol. The summed E-state index contributed by atoms with van der Waals surface area (Å²) in [5.74, 6) is 0.548. The molecule has 0 fully saturated rings. The van der Waals surface area contributed by atoms with Crippen LogP contribution in [-0.2, 0) is 13.6 Å². The molecule has 0 bridgehead atoms. The highest BCUT2D eigenvalue weighted by molar-refractivity contribution is 6.30. The van der Waals surface area contributed by atoms with Crippen molar-refractivity contribution in [3.8, 4) is 11.3 Å². The van der Waals surface area contributed by atoms with Crippen molar-refractivity contribution in [1.29, 1.82) is 0 Å². The van der Waals surface area contributed by atoms with Gasteiger partial charge in [0.25, 0.3) is 5.56 Å². The van der Waals surface area contributed by atoms with Crippen molar-refractivity contribution < 1.29 is 0 Å². The zero-order valence-electron chi connectivity index (χ0n) is 12.6. The summed E-state index contributed by atoms with van der Waals surface area (Å²) in [6, 6.07) is 9.29. The Morgan fingerprint density at radius 2 is 1.95 bits per heavy atom. The first kappa shape index (κ1) is 15.7. The number of aryl methyl sites for hydroxylation is 1. The Hall–Kier alpha value is -1.65. The van der Waals surface area contributed by atoms with Crippen LogP contribution in [-0.4, -0.2) is 16.3 Å². The standard InChI is InChI=1S/C16H20ClN3O/c1-11(2)9-18-10-13-8-15(19-20(3)16(13)21)12-4-6-14(17)7-5-12/h4-8,11,18H,9-10H2,1-3H3. The van der Waals surface area contributed by atoms with Gasteiger partial charge in [-0.25, -0.2) is 4.68 Å². The second kappa shape index (κ2) is 6.87. The fraction of sp³-hybridized carbons (Fsp3) is 0.375. The van der Waals surface area contributed by atoms with E-state index in [0.29, 0.717) is 17.5 Å². The van der Waals surface area contributed by atoms with E-state index in [1.54, 1.807) is 7.05 Å². The van der Waals surface area contributed by atoms with Crippen molar-refractivity contribution in [3.05, 3.63) is 51.3 Å². The quantitative estimate of drug-likeness (QED) is 0.924. The highest BCUT2D eigenvalue weighted by Gasteiger charge is 2.08. The Kier molecular flexibility index (Phi) is 5.15. The van der Waals surface area contributed by atoms with E-state index in [1.165, 1.54) is 4.68 Å². The van der Waals surface area contributed by atoms with E-state index in [-0.39, 0.29) is 5.56 Å². The van der Waals surface area contributed by atoms with Crippen molar-refractivity contribution in [2.75, 3.05) is 6.54 Å². The number of nitrogens with one attached hydrogen (secondary N) is 1. The van der Waals surface area contributed by atoms with Crippen LogP contribution < -0.4 is 10.9 Å². The van der Waals surface area contributed by atoms with Gasteiger partial charge in [-0.15, -0.1) is 0 Å². The third-order valence-electron chi connectivity index (χ3n) is 3.15. The lowest BCUT2D eigenvalue weighted by molar-refractivity contribution is 0.547. The first-order valence-electron chi connectivity index (χ1n) is 7.01. The molecule has 1 aromatic heterocycles. The van der Waals surface area contributed by atoms with Gasteiger partial charge in [0.05, 0.1) is 5.69 Å². The first-order valence-corrected chi connectivity index (χ1v) is 7.39. The van der Waals surface area contributed by atoms with Gasteiger partial charge < -0.3 is 5.32 Å².